The summed E-state index contributed by atoms with van der Waals surface area (Å²) < 4.78 is 0. The molecular formula is C13H23N3O2. The summed E-state index contributed by atoms with van der Waals surface area (Å²) in [5.74, 6) is 0.105. The molecule has 3 atom stereocenters. The van der Waals surface area contributed by atoms with Crippen molar-refractivity contribution in [2.75, 3.05) is 19.6 Å². The zero-order valence-corrected chi connectivity index (χ0v) is 11.2. The number of hydrogen-bond acceptors (Lipinski definition) is 3. The predicted octanol–water partition coefficient (Wildman–Crippen LogP) is 0.112. The van der Waals surface area contributed by atoms with Gasteiger partial charge in [-0.3, -0.25) is 9.59 Å². The fraction of sp³-hybridized carbons (Fsp3) is 0.846. The molecule has 2 N–H and O–H groups in total. The van der Waals surface area contributed by atoms with Crippen LogP contribution in [0.15, 0.2) is 0 Å². The molecule has 0 aromatic carbocycles. The minimum Gasteiger partial charge on any atom is -0.347 e. The number of nitrogens with zero attached hydrogens (tertiary/aromatic N) is 1. The average molecular weight is 253 g/mol. The Bertz CT molecular complexity index is 328. The summed E-state index contributed by atoms with van der Waals surface area (Å²) in [6.45, 7) is 5.42. The van der Waals surface area contributed by atoms with E-state index in [4.69, 9.17) is 0 Å². The summed E-state index contributed by atoms with van der Waals surface area (Å²) in [6, 6.07) is 0.850. The second-order valence-corrected chi connectivity index (χ2v) is 5.17. The Morgan fingerprint density at radius 3 is 2.50 bits per heavy atom. The molecule has 2 heterocycles. The third-order valence-corrected chi connectivity index (χ3v) is 4.17. The lowest BCUT2D eigenvalue weighted by molar-refractivity contribution is -0.133. The number of carbonyl (C=O) groups is 2. The summed E-state index contributed by atoms with van der Waals surface area (Å²) in [6.07, 6.45) is 3.20. The second-order valence-electron chi connectivity index (χ2n) is 5.17. The Morgan fingerprint density at radius 1 is 1.28 bits per heavy atom. The van der Waals surface area contributed by atoms with E-state index in [1.54, 1.807) is 4.90 Å². The first-order chi connectivity index (χ1) is 8.65. The molecular weight excluding hydrogens is 230 g/mol. The number of hydrogen-bond donors (Lipinski definition) is 2. The summed E-state index contributed by atoms with van der Waals surface area (Å²) in [4.78, 5) is 25.5. The van der Waals surface area contributed by atoms with Crippen LogP contribution < -0.4 is 10.6 Å². The van der Waals surface area contributed by atoms with E-state index in [2.05, 4.69) is 10.6 Å². The minimum absolute atomic E-state index is 0.00413. The molecule has 2 fully saturated rings. The Balaban J connectivity index is 1.77. The summed E-state index contributed by atoms with van der Waals surface area (Å²) in [5.41, 5.74) is 0. The van der Waals surface area contributed by atoms with Gasteiger partial charge in [-0.25, -0.2) is 0 Å². The van der Waals surface area contributed by atoms with Crippen LogP contribution in [0.4, 0.5) is 0 Å². The van der Waals surface area contributed by atoms with Crippen LogP contribution in [-0.4, -0.2) is 48.4 Å². The predicted molar refractivity (Wildman–Crippen MR) is 69.0 cm³/mol. The van der Waals surface area contributed by atoms with Crippen LogP contribution in [-0.2, 0) is 9.59 Å². The molecule has 2 aliphatic heterocycles. The normalized spacial score (nSPS) is 29.3. The highest BCUT2D eigenvalue weighted by atomic mass is 16.2. The Kier molecular flexibility index (Phi) is 4.22. The molecule has 5 heteroatoms. The molecule has 0 spiro atoms. The first-order valence-corrected chi connectivity index (χ1v) is 6.97. The van der Waals surface area contributed by atoms with E-state index in [9.17, 15) is 9.59 Å². The first-order valence-electron chi connectivity index (χ1n) is 6.97. The van der Waals surface area contributed by atoms with E-state index in [0.717, 1.165) is 12.8 Å². The van der Waals surface area contributed by atoms with Crippen molar-refractivity contribution < 1.29 is 9.59 Å². The summed E-state index contributed by atoms with van der Waals surface area (Å²) in [5, 5.41) is 6.22. The van der Waals surface area contributed by atoms with Crippen LogP contribution in [0.5, 0.6) is 0 Å². The number of nitrogens with one attached hydrogen (secondary N) is 2. The maximum absolute atomic E-state index is 12.0. The van der Waals surface area contributed by atoms with Gasteiger partial charge in [-0.1, -0.05) is 0 Å². The Hall–Kier alpha value is -1.10. The van der Waals surface area contributed by atoms with Crippen LogP contribution in [0, 0.1) is 5.92 Å². The first kappa shape index (κ1) is 13.3. The maximum atomic E-state index is 12.0. The van der Waals surface area contributed by atoms with Crippen molar-refractivity contribution in [3.05, 3.63) is 0 Å². The van der Waals surface area contributed by atoms with E-state index < -0.39 is 0 Å². The SMILES string of the molecule is CCN(CC)C(=O)CNC(=O)C1CC2CCC1N2. The monoisotopic (exact) mass is 253 g/mol. The fourth-order valence-corrected chi connectivity index (χ4v) is 3.10. The van der Waals surface area contributed by atoms with Crippen LogP contribution in [0.2, 0.25) is 0 Å². The molecule has 0 radical (unpaired) electrons. The van der Waals surface area contributed by atoms with Crippen molar-refractivity contribution in [2.45, 2.75) is 45.2 Å². The van der Waals surface area contributed by atoms with Crippen molar-refractivity contribution in [2.24, 2.45) is 5.92 Å². The zero-order chi connectivity index (χ0) is 13.1. The molecule has 2 rings (SSSR count). The van der Waals surface area contributed by atoms with Gasteiger partial charge in [0.05, 0.1) is 12.5 Å². The van der Waals surface area contributed by atoms with Crippen molar-refractivity contribution in [1.29, 1.82) is 0 Å². The molecule has 2 bridgehead atoms. The topological polar surface area (TPSA) is 61.4 Å². The van der Waals surface area contributed by atoms with Crippen LogP contribution in [0.1, 0.15) is 33.1 Å². The molecule has 3 unspecified atom stereocenters. The third kappa shape index (κ3) is 2.66. The van der Waals surface area contributed by atoms with Crippen molar-refractivity contribution >= 4 is 11.8 Å². The standard InChI is InChI=1S/C13H23N3O2/c1-3-16(4-2)12(17)8-14-13(18)10-7-9-5-6-11(10)15-9/h9-11,15H,3-8H2,1-2H3,(H,14,18). The Labute approximate surface area is 108 Å². The van der Waals surface area contributed by atoms with Crippen LogP contribution in [0.25, 0.3) is 0 Å². The number of rotatable bonds is 5. The van der Waals surface area contributed by atoms with Gasteiger partial charge < -0.3 is 15.5 Å². The molecule has 2 aliphatic rings. The van der Waals surface area contributed by atoms with Crippen molar-refractivity contribution in [1.82, 2.24) is 15.5 Å². The Morgan fingerprint density at radius 2 is 2.00 bits per heavy atom. The van der Waals surface area contributed by atoms with E-state index >= 15 is 0 Å². The fourth-order valence-electron chi connectivity index (χ4n) is 3.10. The molecule has 102 valence electrons. The lowest BCUT2D eigenvalue weighted by Gasteiger charge is -2.22. The van der Waals surface area contributed by atoms with E-state index in [1.165, 1.54) is 6.42 Å². The number of carbonyl (C=O) groups excluding carboxylic acids is 2. The molecule has 2 saturated heterocycles. The molecule has 5 nitrogen and oxygen atoms in total. The lowest BCUT2D eigenvalue weighted by atomic mass is 9.88. The molecule has 0 aliphatic carbocycles. The number of fused-ring (bicyclic) bond motifs is 2. The molecule has 0 saturated carbocycles. The average Bonchev–Trinajstić information content (AvgIpc) is 2.99. The van der Waals surface area contributed by atoms with Gasteiger partial charge in [-0.05, 0) is 33.1 Å². The third-order valence-electron chi connectivity index (χ3n) is 4.17. The van der Waals surface area contributed by atoms with Gasteiger partial charge in [-0.2, -0.15) is 0 Å². The van der Waals surface area contributed by atoms with Gasteiger partial charge in [0, 0.05) is 25.2 Å². The minimum atomic E-state index is 0.00413. The molecule has 2 amide bonds. The maximum Gasteiger partial charge on any atom is 0.241 e. The van der Waals surface area contributed by atoms with E-state index in [0.29, 0.717) is 25.2 Å². The van der Waals surface area contributed by atoms with Gasteiger partial charge in [0.15, 0.2) is 0 Å². The second kappa shape index (κ2) is 5.69. The highest BCUT2D eigenvalue weighted by Gasteiger charge is 2.42. The molecule has 18 heavy (non-hydrogen) atoms. The number of likely N-dealkylation sites (N-methyl/N-ethyl adjacent to an activating group) is 1. The molecule has 0 aromatic heterocycles. The van der Waals surface area contributed by atoms with Crippen LogP contribution in [0.3, 0.4) is 0 Å². The van der Waals surface area contributed by atoms with Gasteiger partial charge in [-0.15, -0.1) is 0 Å². The molecule has 0 aromatic rings. The van der Waals surface area contributed by atoms with Crippen molar-refractivity contribution in [3.8, 4) is 0 Å². The lowest BCUT2D eigenvalue weighted by Crippen LogP contribution is -2.44. The van der Waals surface area contributed by atoms with Crippen LogP contribution >= 0.6 is 0 Å². The highest BCUT2D eigenvalue weighted by molar-refractivity contribution is 5.86. The van der Waals surface area contributed by atoms with Gasteiger partial charge in [0.25, 0.3) is 0 Å². The van der Waals surface area contributed by atoms with Gasteiger partial charge >= 0.3 is 0 Å². The van der Waals surface area contributed by atoms with E-state index in [1.807, 2.05) is 13.8 Å². The highest BCUT2D eigenvalue weighted by Crippen LogP contribution is 2.33. The quantitative estimate of drug-likeness (QED) is 0.731. The largest absolute Gasteiger partial charge is 0.347 e. The van der Waals surface area contributed by atoms with Crippen molar-refractivity contribution in [3.63, 3.8) is 0 Å². The zero-order valence-electron chi connectivity index (χ0n) is 11.2. The smallest absolute Gasteiger partial charge is 0.241 e. The summed E-state index contributed by atoms with van der Waals surface area (Å²) in [7, 11) is 0. The van der Waals surface area contributed by atoms with Gasteiger partial charge in [0.1, 0.15) is 0 Å². The van der Waals surface area contributed by atoms with Gasteiger partial charge in [0.2, 0.25) is 11.8 Å². The van der Waals surface area contributed by atoms with E-state index in [-0.39, 0.29) is 24.3 Å². The summed E-state index contributed by atoms with van der Waals surface area (Å²) >= 11 is 0. The number of amides is 2.